The Labute approximate surface area is 324 Å². The molecule has 0 N–H and O–H groups in total. The van der Waals surface area contributed by atoms with E-state index in [9.17, 15) is 0 Å². The fourth-order valence-electron chi connectivity index (χ4n) is 10.8. The molecule has 4 heteroatoms. The molecule has 0 fully saturated rings. The molecule has 0 aromatic heterocycles. The molecule has 12 rings (SSSR count). The molecule has 4 aliphatic rings. The molecule has 0 saturated carbocycles. The van der Waals surface area contributed by atoms with Gasteiger partial charge >= 0.3 is 6.85 Å². The van der Waals surface area contributed by atoms with Crippen LogP contribution in [0.5, 0.6) is 0 Å². The summed E-state index contributed by atoms with van der Waals surface area (Å²) in [4.78, 5) is 5.41. The standard InChI is InChI=1S/C51H39BN2Si/c1-51(2)41-20-11-10-19-37(41)39-31-40-38-29-34-17-8-9-18-35(34)30-44(38)54(36-27-25-33(26-28-36)32-15-6-5-7-16-32)52-42-21-14-24-46-49(42)53(50(47(39)51)48(40)52)43-22-12-13-23-45(43)55(46,3)4/h5-31H,1-4H3. The summed E-state index contributed by atoms with van der Waals surface area (Å²) < 4.78 is 0. The first kappa shape index (κ1) is 31.3. The predicted octanol–water partition coefficient (Wildman–Crippen LogP) is 10.7. The molecular weight excluding hydrogens is 679 g/mol. The Morgan fingerprint density at radius 3 is 2.00 bits per heavy atom. The highest BCUT2D eigenvalue weighted by atomic mass is 28.3. The quantitative estimate of drug-likeness (QED) is 0.164. The first-order valence-corrected chi connectivity index (χ1v) is 22.6. The third kappa shape index (κ3) is 4.00. The van der Waals surface area contributed by atoms with Crippen LogP contribution < -0.4 is 31.0 Å². The van der Waals surface area contributed by atoms with Gasteiger partial charge in [-0.15, -0.1) is 0 Å². The van der Waals surface area contributed by atoms with Crippen LogP contribution in [0.25, 0.3) is 44.2 Å². The van der Waals surface area contributed by atoms with Crippen LogP contribution >= 0.6 is 0 Å². The maximum absolute atomic E-state index is 2.72. The average Bonchev–Trinajstić information content (AvgIpc) is 3.45. The zero-order valence-electron chi connectivity index (χ0n) is 31.6. The third-order valence-electron chi connectivity index (χ3n) is 13.4. The number of nitrogens with zero attached hydrogens (tertiary/aromatic N) is 2. The van der Waals surface area contributed by atoms with Gasteiger partial charge in [-0.25, -0.2) is 0 Å². The van der Waals surface area contributed by atoms with Gasteiger partial charge < -0.3 is 9.71 Å². The molecule has 0 amide bonds. The number of fused-ring (bicyclic) bond motifs is 11. The van der Waals surface area contributed by atoms with Crippen molar-refractivity contribution >= 4 is 75.4 Å². The topological polar surface area (TPSA) is 6.48 Å². The third-order valence-corrected chi connectivity index (χ3v) is 16.9. The number of hydrogen-bond acceptors (Lipinski definition) is 2. The second-order valence-electron chi connectivity index (χ2n) is 16.9. The maximum Gasteiger partial charge on any atom is 0.333 e. The highest BCUT2D eigenvalue weighted by molar-refractivity contribution is 7.04. The van der Waals surface area contributed by atoms with Crippen molar-refractivity contribution in [1.29, 1.82) is 0 Å². The monoisotopic (exact) mass is 718 g/mol. The zero-order valence-corrected chi connectivity index (χ0v) is 32.6. The van der Waals surface area contributed by atoms with E-state index in [0.717, 1.165) is 0 Å². The van der Waals surface area contributed by atoms with Gasteiger partial charge in [-0.05, 0) is 107 Å². The van der Waals surface area contributed by atoms with Crippen LogP contribution in [0.4, 0.5) is 28.4 Å². The van der Waals surface area contributed by atoms with Gasteiger partial charge in [0.15, 0.2) is 0 Å². The molecule has 0 saturated heterocycles. The lowest BCUT2D eigenvalue weighted by Gasteiger charge is -2.51. The fraction of sp³-hybridized carbons (Fsp3) is 0.0980. The summed E-state index contributed by atoms with van der Waals surface area (Å²) in [7, 11) is -2.09. The summed E-state index contributed by atoms with van der Waals surface area (Å²) in [5.41, 5.74) is 19.9. The molecule has 260 valence electrons. The molecule has 0 atom stereocenters. The molecule has 3 aliphatic heterocycles. The second kappa shape index (κ2) is 10.8. The molecule has 55 heavy (non-hydrogen) atoms. The summed E-state index contributed by atoms with van der Waals surface area (Å²) in [6, 6.07) is 62.2. The predicted molar refractivity (Wildman–Crippen MR) is 237 cm³/mol. The molecule has 0 spiro atoms. The Balaban J connectivity index is 1.25. The minimum Gasteiger partial charge on any atom is -0.376 e. The van der Waals surface area contributed by atoms with Gasteiger partial charge in [-0.3, -0.25) is 0 Å². The highest BCUT2D eigenvalue weighted by Gasteiger charge is 2.53. The first-order valence-electron chi connectivity index (χ1n) is 19.6. The van der Waals surface area contributed by atoms with Crippen LogP contribution in [0.1, 0.15) is 25.0 Å². The van der Waals surface area contributed by atoms with Crippen molar-refractivity contribution in [3.05, 3.63) is 175 Å². The van der Waals surface area contributed by atoms with E-state index in [1.807, 2.05) is 0 Å². The zero-order chi connectivity index (χ0) is 36.8. The summed E-state index contributed by atoms with van der Waals surface area (Å²) >= 11 is 0. The van der Waals surface area contributed by atoms with Crippen LogP contribution in [0.3, 0.4) is 0 Å². The maximum atomic E-state index is 2.72. The second-order valence-corrected chi connectivity index (χ2v) is 21.2. The smallest absolute Gasteiger partial charge is 0.333 e. The summed E-state index contributed by atoms with van der Waals surface area (Å²) in [5, 5.41) is 5.56. The minimum atomic E-state index is -2.09. The van der Waals surface area contributed by atoms with Gasteiger partial charge in [0.25, 0.3) is 0 Å². The van der Waals surface area contributed by atoms with Gasteiger partial charge in [0.1, 0.15) is 8.07 Å². The number of rotatable bonds is 2. The number of anilines is 5. The van der Waals surface area contributed by atoms with Gasteiger partial charge in [0.05, 0.1) is 0 Å². The van der Waals surface area contributed by atoms with Crippen LogP contribution in [-0.4, -0.2) is 14.9 Å². The largest absolute Gasteiger partial charge is 0.376 e. The Kier molecular flexibility index (Phi) is 6.13. The van der Waals surface area contributed by atoms with Crippen molar-refractivity contribution in [2.24, 2.45) is 0 Å². The van der Waals surface area contributed by atoms with Crippen molar-refractivity contribution in [3.63, 3.8) is 0 Å². The SMILES string of the molecule is CC1(C)c2ccccc2-c2cc3c4c(c21)N1c2ccccc2[Si](C)(C)c2cccc(c21)B4N(c1ccc(-c2ccccc2)cc1)c1cc2ccccc2cc1-3. The molecule has 8 aromatic rings. The lowest BCUT2D eigenvalue weighted by atomic mass is 9.42. The van der Waals surface area contributed by atoms with E-state index in [1.54, 1.807) is 0 Å². The molecule has 1 aliphatic carbocycles. The first-order chi connectivity index (χ1) is 26.8. The van der Waals surface area contributed by atoms with E-state index in [2.05, 4.69) is 200 Å². The fourth-order valence-corrected chi connectivity index (χ4v) is 13.8. The van der Waals surface area contributed by atoms with Crippen molar-refractivity contribution in [1.82, 2.24) is 0 Å². The van der Waals surface area contributed by atoms with E-state index in [0.29, 0.717) is 0 Å². The normalized spacial score (nSPS) is 15.8. The van der Waals surface area contributed by atoms with E-state index < -0.39 is 8.07 Å². The number of para-hydroxylation sites is 2. The Morgan fingerprint density at radius 1 is 0.509 bits per heavy atom. The van der Waals surface area contributed by atoms with Crippen molar-refractivity contribution in [3.8, 4) is 33.4 Å². The van der Waals surface area contributed by atoms with Crippen molar-refractivity contribution in [2.45, 2.75) is 32.4 Å². The minimum absolute atomic E-state index is 0.0210. The van der Waals surface area contributed by atoms with Crippen LogP contribution in [0.15, 0.2) is 164 Å². The Hall–Kier alpha value is -6.10. The molecule has 0 unspecified atom stereocenters. The van der Waals surface area contributed by atoms with E-state index in [4.69, 9.17) is 0 Å². The molecular formula is C51H39BN2Si. The number of benzene rings is 8. The van der Waals surface area contributed by atoms with Crippen LogP contribution in [-0.2, 0) is 5.41 Å². The van der Waals surface area contributed by atoms with Crippen LogP contribution in [0, 0.1) is 0 Å². The lowest BCUT2D eigenvalue weighted by Crippen LogP contribution is -2.67. The van der Waals surface area contributed by atoms with Gasteiger partial charge in [0, 0.05) is 39.4 Å². The van der Waals surface area contributed by atoms with Gasteiger partial charge in [-0.2, -0.15) is 0 Å². The van der Waals surface area contributed by atoms with Crippen molar-refractivity contribution in [2.75, 3.05) is 9.71 Å². The molecule has 0 bridgehead atoms. The molecule has 0 radical (unpaired) electrons. The Bertz CT molecular complexity index is 2950. The Morgan fingerprint density at radius 2 is 1.18 bits per heavy atom. The van der Waals surface area contributed by atoms with Crippen LogP contribution in [0.2, 0.25) is 13.1 Å². The highest BCUT2D eigenvalue weighted by Crippen LogP contribution is 2.58. The molecule has 8 aromatic carbocycles. The van der Waals surface area contributed by atoms with E-state index >= 15 is 0 Å². The van der Waals surface area contributed by atoms with Crippen molar-refractivity contribution < 1.29 is 0 Å². The van der Waals surface area contributed by atoms with E-state index in [1.165, 1.54) is 105 Å². The lowest BCUT2D eigenvalue weighted by molar-refractivity contribution is 0.661. The average molecular weight is 719 g/mol. The summed E-state index contributed by atoms with van der Waals surface area (Å²) in [6.07, 6.45) is 0. The van der Waals surface area contributed by atoms with E-state index in [-0.39, 0.29) is 12.3 Å². The summed E-state index contributed by atoms with van der Waals surface area (Å²) in [6.45, 7) is 9.99. The van der Waals surface area contributed by atoms with Gasteiger partial charge in [0.2, 0.25) is 0 Å². The van der Waals surface area contributed by atoms with Gasteiger partial charge in [-0.1, -0.05) is 154 Å². The number of hydrogen-bond donors (Lipinski definition) is 0. The molecule has 3 heterocycles. The summed E-state index contributed by atoms with van der Waals surface area (Å²) in [5.74, 6) is 0. The molecule has 2 nitrogen and oxygen atoms in total.